The molecule has 29 heavy (non-hydrogen) atoms. The molecule has 0 unspecified atom stereocenters. The summed E-state index contributed by atoms with van der Waals surface area (Å²) in [5, 5.41) is 2.81. The normalized spacial score (nSPS) is 11.7. The van der Waals surface area contributed by atoms with Crippen LogP contribution in [0.4, 0.5) is 5.69 Å². The Kier molecular flexibility index (Phi) is 8.27. The molecule has 2 rings (SSSR count). The van der Waals surface area contributed by atoms with Crippen molar-refractivity contribution in [2.45, 2.75) is 26.2 Å². The summed E-state index contributed by atoms with van der Waals surface area (Å²) in [5.74, 6) is 0.487. The van der Waals surface area contributed by atoms with E-state index in [2.05, 4.69) is 19.2 Å². The van der Waals surface area contributed by atoms with Crippen LogP contribution in [0.5, 0.6) is 11.5 Å². The van der Waals surface area contributed by atoms with Gasteiger partial charge in [-0.3, -0.25) is 4.79 Å². The molecule has 0 saturated carbocycles. The number of methoxy groups -OCH3 is 2. The van der Waals surface area contributed by atoms with E-state index in [1.165, 1.54) is 13.2 Å². The van der Waals surface area contributed by atoms with Crippen molar-refractivity contribution < 1.29 is 23.8 Å². The highest BCUT2D eigenvalue weighted by atomic mass is 16.5. The molecule has 154 valence electrons. The molecule has 0 radical (unpaired) electrons. The highest BCUT2D eigenvalue weighted by molar-refractivity contribution is 5.95. The summed E-state index contributed by atoms with van der Waals surface area (Å²) in [6.45, 7) is 3.84. The molecule has 6 heteroatoms. The van der Waals surface area contributed by atoms with Crippen LogP contribution in [0.25, 0.3) is 6.08 Å². The number of rotatable bonds is 9. The van der Waals surface area contributed by atoms with Crippen LogP contribution in [0.1, 0.15) is 37.3 Å². The van der Waals surface area contributed by atoms with Gasteiger partial charge in [-0.25, -0.2) is 4.79 Å². The van der Waals surface area contributed by atoms with Crippen molar-refractivity contribution in [2.75, 3.05) is 26.1 Å². The Labute approximate surface area is 171 Å². The second-order valence-corrected chi connectivity index (χ2v) is 6.50. The number of amides is 1. The van der Waals surface area contributed by atoms with E-state index >= 15 is 0 Å². The van der Waals surface area contributed by atoms with E-state index in [0.717, 1.165) is 23.2 Å². The zero-order valence-electron chi connectivity index (χ0n) is 17.2. The third-order valence-corrected chi connectivity index (χ3v) is 4.54. The number of hydrogen-bond acceptors (Lipinski definition) is 5. The van der Waals surface area contributed by atoms with Crippen molar-refractivity contribution in [3.8, 4) is 11.5 Å². The third-order valence-electron chi connectivity index (χ3n) is 4.54. The van der Waals surface area contributed by atoms with Crippen molar-refractivity contribution in [1.82, 2.24) is 0 Å². The van der Waals surface area contributed by atoms with Gasteiger partial charge in [0.15, 0.2) is 18.1 Å². The van der Waals surface area contributed by atoms with Gasteiger partial charge in [0.25, 0.3) is 5.91 Å². The SMILES string of the molecule is CC[C@H](C)c1ccccc1NC(=O)COC(=O)/C=C/c1ccc(OC)c(OC)c1. The van der Waals surface area contributed by atoms with E-state index < -0.39 is 5.97 Å². The number of esters is 1. The Morgan fingerprint density at radius 2 is 1.79 bits per heavy atom. The molecule has 0 bridgehead atoms. The first-order valence-electron chi connectivity index (χ1n) is 9.44. The van der Waals surface area contributed by atoms with E-state index in [9.17, 15) is 9.59 Å². The molecule has 2 aromatic carbocycles. The minimum atomic E-state index is -0.606. The van der Waals surface area contributed by atoms with E-state index in [0.29, 0.717) is 17.4 Å². The molecule has 0 aromatic heterocycles. The summed E-state index contributed by atoms with van der Waals surface area (Å²) in [4.78, 5) is 24.1. The van der Waals surface area contributed by atoms with Crippen molar-refractivity contribution in [3.63, 3.8) is 0 Å². The maximum absolute atomic E-state index is 12.2. The number of para-hydroxylation sites is 1. The van der Waals surface area contributed by atoms with Crippen LogP contribution in [0.15, 0.2) is 48.5 Å². The molecule has 1 atom stereocenters. The molecule has 1 amide bonds. The lowest BCUT2D eigenvalue weighted by atomic mass is 9.97. The fourth-order valence-corrected chi connectivity index (χ4v) is 2.75. The summed E-state index contributed by atoms with van der Waals surface area (Å²) in [6, 6.07) is 12.9. The lowest BCUT2D eigenvalue weighted by molar-refractivity contribution is -0.142. The van der Waals surface area contributed by atoms with Crippen molar-refractivity contribution in [2.24, 2.45) is 0 Å². The van der Waals surface area contributed by atoms with Gasteiger partial charge in [0.05, 0.1) is 14.2 Å². The quantitative estimate of drug-likeness (QED) is 0.501. The van der Waals surface area contributed by atoms with E-state index in [4.69, 9.17) is 14.2 Å². The van der Waals surface area contributed by atoms with Gasteiger partial charge in [-0.1, -0.05) is 38.1 Å². The largest absolute Gasteiger partial charge is 0.493 e. The Balaban J connectivity index is 1.91. The van der Waals surface area contributed by atoms with Gasteiger partial charge in [0.2, 0.25) is 0 Å². The van der Waals surface area contributed by atoms with E-state index in [-0.39, 0.29) is 12.5 Å². The van der Waals surface area contributed by atoms with Crippen LogP contribution in [0.2, 0.25) is 0 Å². The number of nitrogens with one attached hydrogen (secondary N) is 1. The molecule has 0 fully saturated rings. The predicted octanol–water partition coefficient (Wildman–Crippen LogP) is 4.41. The first-order valence-corrected chi connectivity index (χ1v) is 9.44. The average molecular weight is 397 g/mol. The molecule has 2 aromatic rings. The van der Waals surface area contributed by atoms with Crippen LogP contribution in [-0.4, -0.2) is 32.7 Å². The second-order valence-electron chi connectivity index (χ2n) is 6.50. The van der Waals surface area contributed by atoms with Crippen LogP contribution in [-0.2, 0) is 14.3 Å². The minimum Gasteiger partial charge on any atom is -0.493 e. The number of anilines is 1. The van der Waals surface area contributed by atoms with Gasteiger partial charge in [-0.15, -0.1) is 0 Å². The number of ether oxygens (including phenoxy) is 3. The molecule has 0 aliphatic rings. The lowest BCUT2D eigenvalue weighted by Gasteiger charge is -2.15. The third kappa shape index (κ3) is 6.38. The monoisotopic (exact) mass is 397 g/mol. The van der Waals surface area contributed by atoms with Crippen LogP contribution >= 0.6 is 0 Å². The Hall–Kier alpha value is -3.28. The van der Waals surface area contributed by atoms with Gasteiger partial charge in [-0.05, 0) is 47.7 Å². The number of carbonyl (C=O) groups excluding carboxylic acids is 2. The lowest BCUT2D eigenvalue weighted by Crippen LogP contribution is -2.21. The van der Waals surface area contributed by atoms with Gasteiger partial charge in [0, 0.05) is 11.8 Å². The first kappa shape index (κ1) is 22.0. The molecule has 0 spiro atoms. The molecular weight excluding hydrogens is 370 g/mol. The molecule has 1 N–H and O–H groups in total. The van der Waals surface area contributed by atoms with Crippen molar-refractivity contribution in [3.05, 3.63) is 59.7 Å². The van der Waals surface area contributed by atoms with Crippen molar-refractivity contribution >= 4 is 23.6 Å². The number of carbonyl (C=O) groups is 2. The minimum absolute atomic E-state index is 0.318. The smallest absolute Gasteiger partial charge is 0.331 e. The molecule has 0 heterocycles. The fourth-order valence-electron chi connectivity index (χ4n) is 2.75. The Morgan fingerprint density at radius 1 is 1.07 bits per heavy atom. The summed E-state index contributed by atoms with van der Waals surface area (Å²) < 4.78 is 15.4. The molecule has 0 saturated heterocycles. The molecular formula is C23H27NO5. The van der Waals surface area contributed by atoms with Gasteiger partial charge in [-0.2, -0.15) is 0 Å². The van der Waals surface area contributed by atoms with Gasteiger partial charge in [0.1, 0.15) is 0 Å². The fraction of sp³-hybridized carbons (Fsp3) is 0.304. The second kappa shape index (κ2) is 10.9. The summed E-state index contributed by atoms with van der Waals surface area (Å²) in [7, 11) is 3.09. The van der Waals surface area contributed by atoms with Crippen LogP contribution < -0.4 is 14.8 Å². The van der Waals surface area contributed by atoms with E-state index in [1.807, 2.05) is 24.3 Å². The standard InChI is InChI=1S/C23H27NO5/c1-5-16(2)18-8-6-7-9-19(18)24-22(25)15-29-23(26)13-11-17-10-12-20(27-3)21(14-17)28-4/h6-14,16H,5,15H2,1-4H3,(H,24,25)/b13-11+/t16-/m0/s1. The highest BCUT2D eigenvalue weighted by Gasteiger charge is 2.12. The highest BCUT2D eigenvalue weighted by Crippen LogP contribution is 2.28. The van der Waals surface area contributed by atoms with Gasteiger partial charge < -0.3 is 19.5 Å². The van der Waals surface area contributed by atoms with Crippen molar-refractivity contribution in [1.29, 1.82) is 0 Å². The summed E-state index contributed by atoms with van der Waals surface area (Å²) >= 11 is 0. The molecule has 0 aliphatic carbocycles. The number of hydrogen-bond donors (Lipinski definition) is 1. The molecule has 0 aliphatic heterocycles. The Morgan fingerprint density at radius 3 is 2.48 bits per heavy atom. The number of benzene rings is 2. The Bertz CT molecular complexity index is 875. The average Bonchev–Trinajstić information content (AvgIpc) is 2.75. The predicted molar refractivity (Wildman–Crippen MR) is 113 cm³/mol. The zero-order chi connectivity index (χ0) is 21.2. The topological polar surface area (TPSA) is 73.9 Å². The maximum atomic E-state index is 12.2. The van der Waals surface area contributed by atoms with Gasteiger partial charge >= 0.3 is 5.97 Å². The van der Waals surface area contributed by atoms with Crippen LogP contribution in [0, 0.1) is 0 Å². The zero-order valence-corrected chi connectivity index (χ0v) is 17.2. The molecule has 6 nitrogen and oxygen atoms in total. The maximum Gasteiger partial charge on any atom is 0.331 e. The van der Waals surface area contributed by atoms with E-state index in [1.54, 1.807) is 31.4 Å². The first-order chi connectivity index (χ1) is 14.0. The summed E-state index contributed by atoms with van der Waals surface area (Å²) in [6.07, 6.45) is 3.81. The van der Waals surface area contributed by atoms with Crippen LogP contribution in [0.3, 0.4) is 0 Å². The summed E-state index contributed by atoms with van der Waals surface area (Å²) in [5.41, 5.74) is 2.54.